The summed E-state index contributed by atoms with van der Waals surface area (Å²) in [4.78, 5) is 35.6. The van der Waals surface area contributed by atoms with Crippen molar-refractivity contribution in [3.8, 4) is 5.69 Å². The van der Waals surface area contributed by atoms with E-state index in [-0.39, 0.29) is 17.4 Å². The van der Waals surface area contributed by atoms with E-state index in [2.05, 4.69) is 5.32 Å². The minimum Gasteiger partial charge on any atom is -0.477 e. The molecule has 0 spiro atoms. The fourth-order valence-corrected chi connectivity index (χ4v) is 2.95. The lowest BCUT2D eigenvalue weighted by molar-refractivity contribution is 0.0523. The SMILES string of the molecule is CC(C)(C)OC(=O)NCc1ccc(-n2cc(C(=O)O)c(=O)c3cc(F)c(F)cc32)cc1. The van der Waals surface area contributed by atoms with Crippen LogP contribution in [-0.4, -0.2) is 27.3 Å². The molecule has 0 bridgehead atoms. The maximum Gasteiger partial charge on any atom is 0.407 e. The first-order valence-corrected chi connectivity index (χ1v) is 9.30. The fourth-order valence-electron chi connectivity index (χ4n) is 2.95. The van der Waals surface area contributed by atoms with Crippen molar-refractivity contribution >= 4 is 23.0 Å². The molecule has 1 heterocycles. The van der Waals surface area contributed by atoms with Gasteiger partial charge in [0.05, 0.1) is 10.9 Å². The number of carboxylic acids is 1. The predicted molar refractivity (Wildman–Crippen MR) is 109 cm³/mol. The van der Waals surface area contributed by atoms with E-state index < -0.39 is 40.3 Å². The van der Waals surface area contributed by atoms with E-state index >= 15 is 0 Å². The summed E-state index contributed by atoms with van der Waals surface area (Å²) in [6, 6.07) is 8.06. The Balaban J connectivity index is 1.97. The lowest BCUT2D eigenvalue weighted by atomic mass is 10.1. The molecule has 0 fully saturated rings. The van der Waals surface area contributed by atoms with Crippen molar-refractivity contribution in [2.75, 3.05) is 0 Å². The van der Waals surface area contributed by atoms with Crippen LogP contribution in [0.1, 0.15) is 36.7 Å². The van der Waals surface area contributed by atoms with Crippen molar-refractivity contribution in [1.82, 2.24) is 9.88 Å². The number of carbonyl (C=O) groups excluding carboxylic acids is 1. The number of halogens is 2. The van der Waals surface area contributed by atoms with Crippen molar-refractivity contribution in [1.29, 1.82) is 0 Å². The Kier molecular flexibility index (Phi) is 5.79. The molecule has 1 amide bonds. The molecule has 0 saturated carbocycles. The molecular weight excluding hydrogens is 410 g/mol. The zero-order valence-electron chi connectivity index (χ0n) is 17.0. The van der Waals surface area contributed by atoms with E-state index in [1.807, 2.05) is 0 Å². The number of alkyl carbamates (subject to hydrolysis) is 1. The summed E-state index contributed by atoms with van der Waals surface area (Å²) in [5.41, 5.74) is -0.954. The first kappa shape index (κ1) is 21.9. The van der Waals surface area contributed by atoms with Crippen LogP contribution in [0.4, 0.5) is 13.6 Å². The smallest absolute Gasteiger partial charge is 0.407 e. The summed E-state index contributed by atoms with van der Waals surface area (Å²) in [7, 11) is 0. The van der Waals surface area contributed by atoms with E-state index in [4.69, 9.17) is 4.74 Å². The number of carbonyl (C=O) groups is 2. The van der Waals surface area contributed by atoms with E-state index in [0.717, 1.165) is 17.8 Å². The zero-order chi connectivity index (χ0) is 22.9. The lowest BCUT2D eigenvalue weighted by Gasteiger charge is -2.19. The van der Waals surface area contributed by atoms with Crippen molar-refractivity contribution in [2.45, 2.75) is 32.9 Å². The summed E-state index contributed by atoms with van der Waals surface area (Å²) in [5.74, 6) is -3.90. The van der Waals surface area contributed by atoms with Gasteiger partial charge in [-0.05, 0) is 44.5 Å². The number of benzene rings is 2. The van der Waals surface area contributed by atoms with Gasteiger partial charge in [0, 0.05) is 24.5 Å². The monoisotopic (exact) mass is 430 g/mol. The molecule has 0 radical (unpaired) electrons. The van der Waals surface area contributed by atoms with Crippen molar-refractivity contribution in [2.24, 2.45) is 0 Å². The molecule has 3 rings (SSSR count). The molecule has 7 nitrogen and oxygen atoms in total. The fraction of sp³-hybridized carbons (Fsp3) is 0.227. The number of rotatable bonds is 4. The van der Waals surface area contributed by atoms with Crippen LogP contribution in [0, 0.1) is 11.6 Å². The number of nitrogens with zero attached hydrogens (tertiary/aromatic N) is 1. The van der Waals surface area contributed by atoms with Crippen molar-refractivity contribution < 1.29 is 28.2 Å². The molecule has 0 saturated heterocycles. The van der Waals surface area contributed by atoms with Crippen LogP contribution in [-0.2, 0) is 11.3 Å². The molecular formula is C22H20F2N2O5. The molecule has 0 atom stereocenters. The Hall–Kier alpha value is -3.75. The lowest BCUT2D eigenvalue weighted by Crippen LogP contribution is -2.32. The molecule has 1 aromatic heterocycles. The van der Waals surface area contributed by atoms with Crippen molar-refractivity contribution in [3.63, 3.8) is 0 Å². The van der Waals surface area contributed by atoms with Crippen molar-refractivity contribution in [3.05, 3.63) is 75.6 Å². The number of amides is 1. The van der Waals surface area contributed by atoms with Crippen LogP contribution < -0.4 is 10.7 Å². The topological polar surface area (TPSA) is 97.6 Å². The third-order valence-electron chi connectivity index (χ3n) is 4.33. The average molecular weight is 430 g/mol. The maximum absolute atomic E-state index is 13.8. The zero-order valence-corrected chi connectivity index (χ0v) is 17.0. The van der Waals surface area contributed by atoms with Crippen LogP contribution >= 0.6 is 0 Å². The molecule has 2 N–H and O–H groups in total. The number of hydrogen-bond acceptors (Lipinski definition) is 4. The molecule has 0 aliphatic heterocycles. The second-order valence-corrected chi connectivity index (χ2v) is 7.85. The van der Waals surface area contributed by atoms with Gasteiger partial charge >= 0.3 is 12.1 Å². The first-order chi connectivity index (χ1) is 14.5. The molecule has 3 aromatic rings. The van der Waals surface area contributed by atoms with Gasteiger partial charge in [0.15, 0.2) is 11.6 Å². The Labute approximate surface area is 175 Å². The summed E-state index contributed by atoms with van der Waals surface area (Å²) in [6.07, 6.45) is 0.491. The molecule has 0 aliphatic carbocycles. The van der Waals surface area contributed by atoms with Gasteiger partial charge in [0.1, 0.15) is 11.2 Å². The summed E-state index contributed by atoms with van der Waals surface area (Å²) < 4.78 is 34.0. The van der Waals surface area contributed by atoms with E-state index in [0.29, 0.717) is 11.8 Å². The van der Waals surface area contributed by atoms with Gasteiger partial charge in [0.25, 0.3) is 0 Å². The summed E-state index contributed by atoms with van der Waals surface area (Å²) >= 11 is 0. The quantitative estimate of drug-likeness (QED) is 0.652. The predicted octanol–water partition coefficient (Wildman–Crippen LogP) is 3.99. The van der Waals surface area contributed by atoms with Crippen LogP contribution in [0.15, 0.2) is 47.4 Å². The Morgan fingerprint density at radius 2 is 1.71 bits per heavy atom. The molecule has 9 heteroatoms. The van der Waals surface area contributed by atoms with Gasteiger partial charge in [-0.2, -0.15) is 0 Å². The minimum atomic E-state index is -1.48. The molecule has 0 unspecified atom stereocenters. The minimum absolute atomic E-state index is 0.0218. The molecule has 2 aromatic carbocycles. The van der Waals surface area contributed by atoms with E-state index in [9.17, 15) is 28.3 Å². The number of fused-ring (bicyclic) bond motifs is 1. The van der Waals surface area contributed by atoms with Gasteiger partial charge in [-0.1, -0.05) is 12.1 Å². The van der Waals surface area contributed by atoms with Crippen LogP contribution in [0.5, 0.6) is 0 Å². The second-order valence-electron chi connectivity index (χ2n) is 7.85. The summed E-state index contributed by atoms with van der Waals surface area (Å²) in [6.45, 7) is 5.42. The van der Waals surface area contributed by atoms with E-state index in [1.54, 1.807) is 45.0 Å². The number of hydrogen-bond donors (Lipinski definition) is 2. The number of carboxylic acid groups (broad SMARTS) is 1. The average Bonchev–Trinajstić information content (AvgIpc) is 2.67. The van der Waals surface area contributed by atoms with Crippen LogP contribution in [0.25, 0.3) is 16.6 Å². The third kappa shape index (κ3) is 4.88. The number of ether oxygens (including phenoxy) is 1. The van der Waals surface area contributed by atoms with Gasteiger partial charge in [-0.25, -0.2) is 18.4 Å². The number of pyridine rings is 1. The standard InChI is InChI=1S/C22H20F2N2O5/c1-22(2,3)31-21(30)25-10-12-4-6-13(7-5-12)26-11-15(20(28)29)19(27)14-8-16(23)17(24)9-18(14)26/h4-9,11H,10H2,1-3H3,(H,25,30)(H,28,29). The highest BCUT2D eigenvalue weighted by molar-refractivity contribution is 5.93. The first-order valence-electron chi connectivity index (χ1n) is 9.30. The normalized spacial score (nSPS) is 11.4. The molecule has 31 heavy (non-hydrogen) atoms. The van der Waals surface area contributed by atoms with Gasteiger partial charge in [0.2, 0.25) is 5.43 Å². The van der Waals surface area contributed by atoms with Gasteiger partial charge < -0.3 is 19.7 Å². The number of nitrogens with one attached hydrogen (secondary N) is 1. The maximum atomic E-state index is 13.8. The van der Waals surface area contributed by atoms with Gasteiger partial charge in [-0.15, -0.1) is 0 Å². The van der Waals surface area contributed by atoms with Crippen LogP contribution in [0.3, 0.4) is 0 Å². The molecule has 162 valence electrons. The number of aromatic nitrogens is 1. The Morgan fingerprint density at radius 1 is 1.10 bits per heavy atom. The Bertz CT molecular complexity index is 1230. The number of aromatic carboxylic acids is 1. The highest BCUT2D eigenvalue weighted by Crippen LogP contribution is 2.21. The van der Waals surface area contributed by atoms with Crippen LogP contribution in [0.2, 0.25) is 0 Å². The molecule has 0 aliphatic rings. The highest BCUT2D eigenvalue weighted by atomic mass is 19.2. The summed E-state index contributed by atoms with van der Waals surface area (Å²) in [5, 5.41) is 11.7. The largest absolute Gasteiger partial charge is 0.477 e. The van der Waals surface area contributed by atoms with Gasteiger partial charge in [-0.3, -0.25) is 4.79 Å². The second kappa shape index (κ2) is 8.17. The third-order valence-corrected chi connectivity index (χ3v) is 4.33. The highest BCUT2D eigenvalue weighted by Gasteiger charge is 2.18. The van der Waals surface area contributed by atoms with E-state index in [1.165, 1.54) is 4.57 Å². The Morgan fingerprint density at radius 3 is 2.29 bits per heavy atom.